The summed E-state index contributed by atoms with van der Waals surface area (Å²) in [7, 11) is 0. The number of carbonyl (C=O) groups excluding carboxylic acids is 1. The number of halogens is 2. The number of alkyl halides is 2. The Bertz CT molecular complexity index is 376. The van der Waals surface area contributed by atoms with E-state index in [2.05, 4.69) is 17.2 Å². The maximum Gasteiger partial charge on any atom is 0.194 e. The molecule has 0 radical (unpaired) electrons. The molecule has 0 amide bonds. The summed E-state index contributed by atoms with van der Waals surface area (Å²) in [6.45, 7) is 6.29. The molecular weight excluding hydrogens is 303 g/mol. The summed E-state index contributed by atoms with van der Waals surface area (Å²) in [4.78, 5) is 16.2. The van der Waals surface area contributed by atoms with E-state index in [9.17, 15) is 9.18 Å². The number of nitrogens with zero attached hydrogens (tertiary/aromatic N) is 1. The third-order valence-corrected chi connectivity index (χ3v) is 4.60. The first-order valence-electron chi connectivity index (χ1n) is 8.60. The Balaban J connectivity index is 2.67. The van der Waals surface area contributed by atoms with E-state index >= 15 is 0 Å². The number of nitrogens with one attached hydrogen (secondary N) is 1. The lowest BCUT2D eigenvalue weighted by Crippen LogP contribution is -2.34. The number of hydrogen-bond acceptors (Lipinski definition) is 2. The number of amidine groups is 1. The normalized spacial score (nSPS) is 24.0. The highest BCUT2D eigenvalue weighted by Crippen LogP contribution is 2.41. The summed E-state index contributed by atoms with van der Waals surface area (Å²) in [5, 5.41) is 3.24. The first kappa shape index (κ1) is 19.4. The lowest BCUT2D eigenvalue weighted by molar-refractivity contribution is -0.111. The molecule has 0 bridgehead atoms. The summed E-state index contributed by atoms with van der Waals surface area (Å²) in [6, 6.07) is -0.453. The topological polar surface area (TPSA) is 41.5 Å². The fourth-order valence-corrected chi connectivity index (χ4v) is 2.85. The van der Waals surface area contributed by atoms with Crippen molar-refractivity contribution < 1.29 is 9.18 Å². The van der Waals surface area contributed by atoms with Crippen molar-refractivity contribution in [3.63, 3.8) is 0 Å². The molecule has 22 heavy (non-hydrogen) atoms. The van der Waals surface area contributed by atoms with Gasteiger partial charge in [-0.05, 0) is 31.6 Å². The van der Waals surface area contributed by atoms with Crippen LogP contribution in [0.3, 0.4) is 0 Å². The highest BCUT2D eigenvalue weighted by atomic mass is 35.5. The average Bonchev–Trinajstić information content (AvgIpc) is 3.16. The van der Waals surface area contributed by atoms with E-state index in [1.165, 1.54) is 6.92 Å². The van der Waals surface area contributed by atoms with Crippen LogP contribution >= 0.6 is 11.6 Å². The van der Waals surface area contributed by atoms with Crippen LogP contribution in [0.4, 0.5) is 4.39 Å². The molecule has 1 rings (SSSR count). The Labute approximate surface area is 139 Å². The molecule has 0 heterocycles. The molecule has 0 spiro atoms. The average molecular weight is 333 g/mol. The fourth-order valence-electron chi connectivity index (χ4n) is 2.52. The summed E-state index contributed by atoms with van der Waals surface area (Å²) < 4.78 is 14.4. The molecule has 1 fully saturated rings. The zero-order valence-electron chi connectivity index (χ0n) is 14.1. The number of Topliss-reactive ketones (excluding diaryl/α,β-unsaturated/α-hetero) is 1. The van der Waals surface area contributed by atoms with E-state index in [1.54, 1.807) is 0 Å². The van der Waals surface area contributed by atoms with Crippen molar-refractivity contribution in [1.82, 2.24) is 5.32 Å². The standard InChI is InChI=1S/C17H30ClFN2O/c1-4-6-7-9-20-17(12(3)22)21-16(15(19)8-5-2)11-13-10-14(13)18/h13-16H,4-11H2,1-3H3,(H,20,21)/t13?,14?,15-,16+/m1/s1. The largest absolute Gasteiger partial charge is 0.367 e. The number of unbranched alkanes of at least 4 members (excludes halogenated alkanes) is 2. The second-order valence-electron chi connectivity index (χ2n) is 6.29. The Morgan fingerprint density at radius 1 is 1.36 bits per heavy atom. The molecule has 0 aromatic carbocycles. The van der Waals surface area contributed by atoms with Gasteiger partial charge in [-0.25, -0.2) is 4.39 Å². The highest BCUT2D eigenvalue weighted by molar-refractivity contribution is 6.37. The third-order valence-electron chi connectivity index (χ3n) is 4.06. The second-order valence-corrected chi connectivity index (χ2v) is 6.85. The van der Waals surface area contributed by atoms with Gasteiger partial charge in [-0.1, -0.05) is 33.1 Å². The van der Waals surface area contributed by atoms with Gasteiger partial charge in [-0.15, -0.1) is 11.6 Å². The van der Waals surface area contributed by atoms with Crippen LogP contribution in [0.25, 0.3) is 0 Å². The van der Waals surface area contributed by atoms with Gasteiger partial charge in [0.25, 0.3) is 0 Å². The van der Waals surface area contributed by atoms with Crippen molar-refractivity contribution in [2.45, 2.75) is 83.3 Å². The maximum absolute atomic E-state index is 14.4. The van der Waals surface area contributed by atoms with E-state index in [0.717, 1.165) is 32.1 Å². The Morgan fingerprint density at radius 2 is 2.05 bits per heavy atom. The maximum atomic E-state index is 14.4. The van der Waals surface area contributed by atoms with Gasteiger partial charge < -0.3 is 5.32 Å². The van der Waals surface area contributed by atoms with Crippen molar-refractivity contribution in [2.75, 3.05) is 6.54 Å². The van der Waals surface area contributed by atoms with E-state index in [0.29, 0.717) is 31.1 Å². The molecule has 2 unspecified atom stereocenters. The SMILES string of the molecule is CCCCCN/C(=N\[C@@H](CC1CC1Cl)[C@H](F)CCC)C(C)=O. The first-order chi connectivity index (χ1) is 10.5. The first-order valence-corrected chi connectivity index (χ1v) is 9.03. The lowest BCUT2D eigenvalue weighted by Gasteiger charge is -2.19. The Morgan fingerprint density at radius 3 is 2.55 bits per heavy atom. The number of hydrogen-bond donors (Lipinski definition) is 1. The van der Waals surface area contributed by atoms with Crippen LogP contribution < -0.4 is 5.32 Å². The van der Waals surface area contributed by atoms with Crippen molar-refractivity contribution in [3.05, 3.63) is 0 Å². The van der Waals surface area contributed by atoms with Gasteiger partial charge in [0.15, 0.2) is 11.6 Å². The minimum Gasteiger partial charge on any atom is -0.367 e. The van der Waals surface area contributed by atoms with Crippen LogP contribution in [0.5, 0.6) is 0 Å². The van der Waals surface area contributed by atoms with Crippen LogP contribution in [0.15, 0.2) is 4.99 Å². The van der Waals surface area contributed by atoms with E-state index in [4.69, 9.17) is 11.6 Å². The Hall–Kier alpha value is -0.640. The monoisotopic (exact) mass is 332 g/mol. The third kappa shape index (κ3) is 7.08. The van der Waals surface area contributed by atoms with Gasteiger partial charge in [-0.3, -0.25) is 9.79 Å². The minimum absolute atomic E-state index is 0.122. The molecule has 1 saturated carbocycles. The molecule has 1 aliphatic rings. The molecular formula is C17H30ClFN2O. The molecule has 3 nitrogen and oxygen atoms in total. The molecule has 0 aliphatic heterocycles. The molecule has 0 aromatic rings. The lowest BCUT2D eigenvalue weighted by atomic mass is 10.0. The second kappa shape index (κ2) is 10.2. The van der Waals surface area contributed by atoms with Gasteiger partial charge in [0, 0.05) is 18.8 Å². The predicted molar refractivity (Wildman–Crippen MR) is 91.6 cm³/mol. The number of ketones is 1. The molecule has 5 heteroatoms. The quantitative estimate of drug-likeness (QED) is 0.265. The van der Waals surface area contributed by atoms with Crippen molar-refractivity contribution in [2.24, 2.45) is 10.9 Å². The summed E-state index contributed by atoms with van der Waals surface area (Å²) in [6.07, 6.45) is 5.07. The van der Waals surface area contributed by atoms with Crippen LogP contribution in [-0.4, -0.2) is 35.8 Å². The summed E-state index contributed by atoms with van der Waals surface area (Å²) in [5.74, 6) is 0.550. The van der Waals surface area contributed by atoms with Crippen molar-refractivity contribution in [3.8, 4) is 0 Å². The number of rotatable bonds is 11. The van der Waals surface area contributed by atoms with Gasteiger partial charge in [0.1, 0.15) is 6.17 Å². The molecule has 0 aromatic heterocycles. The summed E-state index contributed by atoms with van der Waals surface area (Å²) in [5.41, 5.74) is 0. The van der Waals surface area contributed by atoms with Gasteiger partial charge in [0.2, 0.25) is 0 Å². The van der Waals surface area contributed by atoms with Crippen molar-refractivity contribution >= 4 is 23.2 Å². The molecule has 4 atom stereocenters. The zero-order chi connectivity index (χ0) is 16.5. The van der Waals surface area contributed by atoms with Gasteiger partial charge >= 0.3 is 0 Å². The molecule has 128 valence electrons. The zero-order valence-corrected chi connectivity index (χ0v) is 14.8. The molecule has 1 N–H and O–H groups in total. The molecule has 1 aliphatic carbocycles. The number of carbonyl (C=O) groups is 1. The van der Waals surface area contributed by atoms with Crippen LogP contribution in [0, 0.1) is 5.92 Å². The van der Waals surface area contributed by atoms with Crippen LogP contribution in [-0.2, 0) is 4.79 Å². The Kier molecular flexibility index (Phi) is 8.99. The van der Waals surface area contributed by atoms with Crippen LogP contribution in [0.1, 0.15) is 65.7 Å². The number of aliphatic imine (C=N–C) groups is 1. The van der Waals surface area contributed by atoms with Crippen LogP contribution in [0.2, 0.25) is 0 Å². The van der Waals surface area contributed by atoms with Crippen molar-refractivity contribution in [1.29, 1.82) is 0 Å². The van der Waals surface area contributed by atoms with Gasteiger partial charge in [-0.2, -0.15) is 0 Å². The van der Waals surface area contributed by atoms with E-state index in [-0.39, 0.29) is 11.2 Å². The smallest absolute Gasteiger partial charge is 0.194 e. The van der Waals surface area contributed by atoms with E-state index < -0.39 is 12.2 Å². The van der Waals surface area contributed by atoms with Gasteiger partial charge in [0.05, 0.1) is 6.04 Å². The molecule has 0 saturated heterocycles. The minimum atomic E-state index is -0.999. The highest BCUT2D eigenvalue weighted by Gasteiger charge is 2.38. The van der Waals surface area contributed by atoms with E-state index in [1.807, 2.05) is 6.92 Å². The predicted octanol–water partition coefficient (Wildman–Crippen LogP) is 4.28. The fraction of sp³-hybridized carbons (Fsp3) is 0.882. The summed E-state index contributed by atoms with van der Waals surface area (Å²) >= 11 is 6.04.